The lowest BCUT2D eigenvalue weighted by Gasteiger charge is -2.03. The Labute approximate surface area is 143 Å². The molecule has 2 aromatic heterocycles. The summed E-state index contributed by atoms with van der Waals surface area (Å²) < 4.78 is 8.06. The predicted octanol–water partition coefficient (Wildman–Crippen LogP) is 3.95. The molecule has 0 bridgehead atoms. The number of fused-ring (bicyclic) bond motifs is 1. The number of rotatable bonds is 3. The van der Waals surface area contributed by atoms with Crippen LogP contribution in [0.4, 0.5) is 5.82 Å². The lowest BCUT2D eigenvalue weighted by atomic mass is 10.1. The highest BCUT2D eigenvalue weighted by molar-refractivity contribution is 7.21. The fourth-order valence-corrected chi connectivity index (χ4v) is 3.70. The molecule has 0 aliphatic rings. The molecule has 2 heterocycles. The minimum Gasteiger partial charge on any atom is -0.497 e. The summed E-state index contributed by atoms with van der Waals surface area (Å²) >= 11 is 1.63. The fraction of sp³-hybridized carbons (Fsp3) is 0.111. The number of hydrogen-bond acceptors (Lipinski definition) is 5. The second kappa shape index (κ2) is 5.65. The van der Waals surface area contributed by atoms with Crippen molar-refractivity contribution in [3.05, 3.63) is 48.5 Å². The van der Waals surface area contributed by atoms with Gasteiger partial charge in [-0.05, 0) is 36.4 Å². The Morgan fingerprint density at radius 1 is 1.08 bits per heavy atom. The predicted molar refractivity (Wildman–Crippen MR) is 98.2 cm³/mol. The number of nitrogen functional groups attached to an aromatic ring is 1. The van der Waals surface area contributed by atoms with E-state index in [2.05, 4.69) is 11.2 Å². The number of ether oxygens (including phenoxy) is 1. The van der Waals surface area contributed by atoms with Gasteiger partial charge in [-0.1, -0.05) is 12.1 Å². The summed E-state index contributed by atoms with van der Waals surface area (Å²) in [6.45, 7) is 0. The molecule has 2 aromatic carbocycles. The molecule has 0 aliphatic carbocycles. The van der Waals surface area contributed by atoms with E-state index in [0.29, 0.717) is 5.82 Å². The van der Waals surface area contributed by atoms with Crippen molar-refractivity contribution in [1.29, 1.82) is 0 Å². The van der Waals surface area contributed by atoms with Crippen LogP contribution in [0.25, 0.3) is 32.0 Å². The lowest BCUT2D eigenvalue weighted by molar-refractivity contribution is 0.415. The molecule has 4 aromatic rings. The van der Waals surface area contributed by atoms with Crippen molar-refractivity contribution in [3.8, 4) is 27.6 Å². The van der Waals surface area contributed by atoms with E-state index in [1.807, 2.05) is 49.5 Å². The van der Waals surface area contributed by atoms with Gasteiger partial charge in [-0.15, -0.1) is 11.3 Å². The molecule has 0 amide bonds. The standard InChI is InChI=1S/C18H16N4OS/c1-22-17(19)15(18-20-13-5-3-4-6-14(13)24-18)16(21-22)11-7-9-12(23-2)10-8-11/h3-10H,19H2,1-2H3. The van der Waals surface area contributed by atoms with Gasteiger partial charge in [0.1, 0.15) is 22.3 Å². The summed E-state index contributed by atoms with van der Waals surface area (Å²) in [6.07, 6.45) is 0. The van der Waals surface area contributed by atoms with Crippen molar-refractivity contribution in [2.24, 2.45) is 7.05 Å². The minimum absolute atomic E-state index is 0.611. The van der Waals surface area contributed by atoms with E-state index in [4.69, 9.17) is 15.5 Å². The highest BCUT2D eigenvalue weighted by Gasteiger charge is 2.20. The molecule has 0 saturated heterocycles. The quantitative estimate of drug-likeness (QED) is 0.615. The van der Waals surface area contributed by atoms with Crippen molar-refractivity contribution in [1.82, 2.24) is 14.8 Å². The summed E-state index contributed by atoms with van der Waals surface area (Å²) in [7, 11) is 3.50. The summed E-state index contributed by atoms with van der Waals surface area (Å²) in [5.74, 6) is 1.42. The SMILES string of the molecule is COc1ccc(-c2nn(C)c(N)c2-c2nc3ccccc3s2)cc1. The smallest absolute Gasteiger partial charge is 0.132 e. The number of anilines is 1. The van der Waals surface area contributed by atoms with Crippen LogP contribution in [0.3, 0.4) is 0 Å². The first kappa shape index (κ1) is 14.7. The molecule has 2 N–H and O–H groups in total. The molecular formula is C18H16N4OS. The molecule has 120 valence electrons. The zero-order valence-corrected chi connectivity index (χ0v) is 14.2. The van der Waals surface area contributed by atoms with Crippen molar-refractivity contribution in [2.75, 3.05) is 12.8 Å². The number of aromatic nitrogens is 3. The Morgan fingerprint density at radius 2 is 1.83 bits per heavy atom. The highest BCUT2D eigenvalue weighted by Crippen LogP contribution is 2.39. The van der Waals surface area contributed by atoms with Crippen LogP contribution in [0.1, 0.15) is 0 Å². The molecule has 24 heavy (non-hydrogen) atoms. The van der Waals surface area contributed by atoms with E-state index in [1.54, 1.807) is 23.1 Å². The first-order valence-electron chi connectivity index (χ1n) is 7.50. The van der Waals surface area contributed by atoms with Crippen LogP contribution in [0.2, 0.25) is 0 Å². The molecule has 0 spiro atoms. The van der Waals surface area contributed by atoms with Gasteiger partial charge in [-0.3, -0.25) is 4.68 Å². The van der Waals surface area contributed by atoms with Gasteiger partial charge in [0.25, 0.3) is 0 Å². The summed E-state index contributed by atoms with van der Waals surface area (Å²) in [6, 6.07) is 15.9. The van der Waals surface area contributed by atoms with E-state index >= 15 is 0 Å². The van der Waals surface area contributed by atoms with Crippen LogP contribution in [0.15, 0.2) is 48.5 Å². The Morgan fingerprint density at radius 3 is 2.54 bits per heavy atom. The molecule has 0 saturated carbocycles. The van der Waals surface area contributed by atoms with Gasteiger partial charge in [0.15, 0.2) is 0 Å². The largest absolute Gasteiger partial charge is 0.497 e. The van der Waals surface area contributed by atoms with E-state index in [1.165, 1.54) is 0 Å². The van der Waals surface area contributed by atoms with Crippen LogP contribution >= 0.6 is 11.3 Å². The summed E-state index contributed by atoms with van der Waals surface area (Å²) in [5, 5.41) is 5.48. The molecule has 0 atom stereocenters. The van der Waals surface area contributed by atoms with Gasteiger partial charge in [-0.2, -0.15) is 5.10 Å². The molecule has 0 aliphatic heterocycles. The van der Waals surface area contributed by atoms with Crippen molar-refractivity contribution in [2.45, 2.75) is 0 Å². The van der Waals surface area contributed by atoms with Crippen LogP contribution in [-0.2, 0) is 7.05 Å². The maximum absolute atomic E-state index is 6.29. The Kier molecular flexibility index (Phi) is 3.46. The molecular weight excluding hydrogens is 320 g/mol. The molecule has 6 heteroatoms. The normalized spacial score (nSPS) is 11.1. The minimum atomic E-state index is 0.611. The Hall–Kier alpha value is -2.86. The molecule has 4 rings (SSSR count). The number of methoxy groups -OCH3 is 1. The zero-order chi connectivity index (χ0) is 16.7. The molecule has 0 unspecified atom stereocenters. The average Bonchev–Trinajstić information content (AvgIpc) is 3.16. The zero-order valence-electron chi connectivity index (χ0n) is 13.4. The number of nitrogens with two attached hydrogens (primary N) is 1. The molecule has 5 nitrogen and oxygen atoms in total. The number of nitrogens with zero attached hydrogens (tertiary/aromatic N) is 3. The number of thiazole rings is 1. The summed E-state index contributed by atoms with van der Waals surface area (Å²) in [4.78, 5) is 4.74. The van der Waals surface area contributed by atoms with Crippen LogP contribution in [0, 0.1) is 0 Å². The van der Waals surface area contributed by atoms with Crippen molar-refractivity contribution >= 4 is 27.4 Å². The first-order chi connectivity index (χ1) is 11.7. The van der Waals surface area contributed by atoms with Crippen LogP contribution in [0.5, 0.6) is 5.75 Å². The Balaban J connectivity index is 1.91. The Bertz CT molecular complexity index is 984. The molecule has 0 radical (unpaired) electrons. The summed E-state index contributed by atoms with van der Waals surface area (Å²) in [5.41, 5.74) is 9.96. The highest BCUT2D eigenvalue weighted by atomic mass is 32.1. The number of para-hydroxylation sites is 1. The lowest BCUT2D eigenvalue weighted by Crippen LogP contribution is -1.97. The van der Waals surface area contributed by atoms with Crippen LogP contribution < -0.4 is 10.5 Å². The number of aryl methyl sites for hydroxylation is 1. The van der Waals surface area contributed by atoms with E-state index in [9.17, 15) is 0 Å². The first-order valence-corrected chi connectivity index (χ1v) is 8.32. The van der Waals surface area contributed by atoms with Gasteiger partial charge in [-0.25, -0.2) is 4.98 Å². The second-order valence-electron chi connectivity index (χ2n) is 5.45. The fourth-order valence-electron chi connectivity index (χ4n) is 2.68. The van der Waals surface area contributed by atoms with E-state index in [0.717, 1.165) is 37.8 Å². The third kappa shape index (κ3) is 2.32. The topological polar surface area (TPSA) is 66.0 Å². The monoisotopic (exact) mass is 336 g/mol. The second-order valence-corrected chi connectivity index (χ2v) is 6.48. The number of benzene rings is 2. The van der Waals surface area contributed by atoms with E-state index in [-0.39, 0.29) is 0 Å². The van der Waals surface area contributed by atoms with Gasteiger partial charge in [0, 0.05) is 12.6 Å². The maximum atomic E-state index is 6.29. The van der Waals surface area contributed by atoms with Gasteiger partial charge < -0.3 is 10.5 Å². The maximum Gasteiger partial charge on any atom is 0.132 e. The third-order valence-corrected chi connectivity index (χ3v) is 5.02. The van der Waals surface area contributed by atoms with Gasteiger partial charge in [0.2, 0.25) is 0 Å². The van der Waals surface area contributed by atoms with Crippen LogP contribution in [-0.4, -0.2) is 21.9 Å². The van der Waals surface area contributed by atoms with Crippen molar-refractivity contribution in [3.63, 3.8) is 0 Å². The molecule has 0 fully saturated rings. The third-order valence-electron chi connectivity index (χ3n) is 3.96. The van der Waals surface area contributed by atoms with Gasteiger partial charge in [0.05, 0.1) is 22.9 Å². The average molecular weight is 336 g/mol. The van der Waals surface area contributed by atoms with Crippen molar-refractivity contribution < 1.29 is 4.74 Å². The van der Waals surface area contributed by atoms with E-state index < -0.39 is 0 Å². The van der Waals surface area contributed by atoms with Gasteiger partial charge >= 0.3 is 0 Å². The number of hydrogen-bond donors (Lipinski definition) is 1.